The maximum absolute atomic E-state index is 5.17. The number of ether oxygens (including phenoxy) is 1. The molecule has 34 heavy (non-hydrogen) atoms. The van der Waals surface area contributed by atoms with Crippen molar-refractivity contribution in [2.45, 2.75) is 101 Å². The van der Waals surface area contributed by atoms with Gasteiger partial charge in [-0.25, -0.2) is 0 Å². The van der Waals surface area contributed by atoms with E-state index in [1.807, 2.05) is 85.0 Å². The molecule has 0 bridgehead atoms. The standard InChI is InChI=1S/C17H24N2O.C8H18.C4H8.C2H6/c1-4-7-16(8-6-12-20-11-5-2)13-19-17-10-9-15(3)18-14-17;1-4-6-8(3)7-5-2;1-3-4-2;1-2/h4-7,9-12,14,16,19H,8,13H2,1-3H3;8H,4-7H2,1-3H3;3-4H,1-2H3;1-2H3/b7-4-,11-5+,12-6+;;4-3-;. The van der Waals surface area contributed by atoms with E-state index in [0.717, 1.165) is 30.3 Å². The molecule has 0 fully saturated rings. The second-order valence-electron chi connectivity index (χ2n) is 7.92. The van der Waals surface area contributed by atoms with Crippen LogP contribution in [-0.2, 0) is 4.74 Å². The largest absolute Gasteiger partial charge is 0.473 e. The van der Waals surface area contributed by atoms with Crippen LogP contribution in [0.25, 0.3) is 0 Å². The van der Waals surface area contributed by atoms with Crippen LogP contribution in [0.3, 0.4) is 0 Å². The Bertz CT molecular complexity index is 605. The normalized spacial score (nSPS) is 11.6. The summed E-state index contributed by atoms with van der Waals surface area (Å²) in [5.74, 6) is 1.40. The van der Waals surface area contributed by atoms with Crippen LogP contribution in [0.4, 0.5) is 5.69 Å². The third kappa shape index (κ3) is 27.7. The molecule has 1 heterocycles. The Balaban J connectivity index is -0.000000567. The highest BCUT2D eigenvalue weighted by molar-refractivity contribution is 5.40. The van der Waals surface area contributed by atoms with E-state index in [1.165, 1.54) is 25.7 Å². The zero-order chi connectivity index (χ0) is 26.5. The van der Waals surface area contributed by atoms with Gasteiger partial charge in [0.15, 0.2) is 0 Å². The summed E-state index contributed by atoms with van der Waals surface area (Å²) in [5, 5.41) is 3.41. The number of nitrogens with one attached hydrogen (secondary N) is 1. The van der Waals surface area contributed by atoms with Crippen LogP contribution < -0.4 is 5.32 Å². The molecule has 1 aromatic heterocycles. The molecular weight excluding hydrogens is 416 g/mol. The molecule has 1 atom stereocenters. The molecule has 0 saturated carbocycles. The molecule has 196 valence electrons. The monoisotopic (exact) mass is 472 g/mol. The van der Waals surface area contributed by atoms with Crippen LogP contribution in [-0.4, -0.2) is 11.5 Å². The first-order valence-electron chi connectivity index (χ1n) is 13.3. The van der Waals surface area contributed by atoms with E-state index < -0.39 is 0 Å². The van der Waals surface area contributed by atoms with Crippen LogP contribution in [0.15, 0.2) is 67.3 Å². The van der Waals surface area contributed by atoms with E-state index in [0.29, 0.717) is 5.92 Å². The number of aryl methyl sites for hydroxylation is 1. The number of nitrogens with zero attached hydrogens (tertiary/aromatic N) is 1. The molecular formula is C31H56N2O. The minimum Gasteiger partial charge on any atom is -0.473 e. The van der Waals surface area contributed by atoms with Crippen molar-refractivity contribution in [3.63, 3.8) is 0 Å². The predicted molar refractivity (Wildman–Crippen MR) is 156 cm³/mol. The Labute approximate surface area is 213 Å². The first kappa shape index (κ1) is 36.3. The molecule has 1 aromatic rings. The second-order valence-corrected chi connectivity index (χ2v) is 7.92. The highest BCUT2D eigenvalue weighted by atomic mass is 16.5. The van der Waals surface area contributed by atoms with Crippen molar-refractivity contribution in [3.8, 4) is 0 Å². The van der Waals surface area contributed by atoms with Gasteiger partial charge < -0.3 is 10.1 Å². The number of rotatable bonds is 12. The predicted octanol–water partition coefficient (Wildman–Crippen LogP) is 10.3. The van der Waals surface area contributed by atoms with E-state index in [4.69, 9.17) is 4.74 Å². The van der Waals surface area contributed by atoms with Crippen molar-refractivity contribution in [2.24, 2.45) is 11.8 Å². The lowest BCUT2D eigenvalue weighted by atomic mass is 10.0. The molecule has 3 heteroatoms. The molecule has 0 amide bonds. The van der Waals surface area contributed by atoms with Crippen LogP contribution in [0.1, 0.15) is 100 Å². The average molecular weight is 473 g/mol. The summed E-state index contributed by atoms with van der Waals surface area (Å²) in [5.41, 5.74) is 2.09. The molecule has 0 radical (unpaired) electrons. The molecule has 1 rings (SSSR count). The fraction of sp³-hybridized carbons (Fsp3) is 0.581. The summed E-state index contributed by atoms with van der Waals surface area (Å²) in [6.45, 7) is 21.7. The van der Waals surface area contributed by atoms with E-state index >= 15 is 0 Å². The fourth-order valence-corrected chi connectivity index (χ4v) is 2.86. The number of aromatic nitrogens is 1. The van der Waals surface area contributed by atoms with Crippen LogP contribution >= 0.6 is 0 Å². The maximum atomic E-state index is 5.17. The Kier molecular flexibility index (Phi) is 32.8. The van der Waals surface area contributed by atoms with Gasteiger partial charge in [-0.2, -0.15) is 0 Å². The number of anilines is 1. The van der Waals surface area contributed by atoms with Crippen LogP contribution in [0.5, 0.6) is 0 Å². The van der Waals surface area contributed by atoms with Gasteiger partial charge in [0.2, 0.25) is 0 Å². The van der Waals surface area contributed by atoms with E-state index in [1.54, 1.807) is 12.5 Å². The van der Waals surface area contributed by atoms with E-state index in [2.05, 4.69) is 49.3 Å². The SMILES string of the molecule is C/C=C\C.C/C=C\C(C/C=C/O/C=C/C)CNc1ccc(C)nc1.CC.CCCC(C)CCC. The highest BCUT2D eigenvalue weighted by Crippen LogP contribution is 2.11. The molecule has 0 spiro atoms. The smallest absolute Gasteiger partial charge is 0.0861 e. The molecule has 3 nitrogen and oxygen atoms in total. The van der Waals surface area contributed by atoms with E-state index in [-0.39, 0.29) is 0 Å². The van der Waals surface area contributed by atoms with Crippen LogP contribution in [0, 0.1) is 18.8 Å². The minimum absolute atomic E-state index is 0.437. The van der Waals surface area contributed by atoms with Crippen molar-refractivity contribution in [1.29, 1.82) is 0 Å². The fourth-order valence-electron chi connectivity index (χ4n) is 2.86. The first-order valence-corrected chi connectivity index (χ1v) is 13.3. The van der Waals surface area contributed by atoms with Gasteiger partial charge in [0.25, 0.3) is 0 Å². The van der Waals surface area contributed by atoms with Gasteiger partial charge in [0, 0.05) is 12.2 Å². The van der Waals surface area contributed by atoms with Crippen molar-refractivity contribution in [1.82, 2.24) is 4.98 Å². The Hall–Kier alpha value is -2.29. The number of allylic oxidation sites excluding steroid dienone is 5. The summed E-state index contributed by atoms with van der Waals surface area (Å²) < 4.78 is 5.17. The molecule has 0 aliphatic heterocycles. The van der Waals surface area contributed by atoms with Crippen molar-refractivity contribution >= 4 is 5.69 Å². The molecule has 1 unspecified atom stereocenters. The van der Waals surface area contributed by atoms with Gasteiger partial charge in [0.05, 0.1) is 24.4 Å². The highest BCUT2D eigenvalue weighted by Gasteiger charge is 2.02. The summed E-state index contributed by atoms with van der Waals surface area (Å²) >= 11 is 0. The molecule has 0 aromatic carbocycles. The Morgan fingerprint density at radius 1 is 0.912 bits per heavy atom. The van der Waals surface area contributed by atoms with E-state index in [9.17, 15) is 0 Å². The summed E-state index contributed by atoms with van der Waals surface area (Å²) in [6.07, 6.45) is 23.9. The number of hydrogen-bond donors (Lipinski definition) is 1. The van der Waals surface area contributed by atoms with Crippen molar-refractivity contribution in [2.75, 3.05) is 11.9 Å². The molecule has 0 saturated heterocycles. The Morgan fingerprint density at radius 3 is 1.97 bits per heavy atom. The van der Waals surface area contributed by atoms with Crippen molar-refractivity contribution in [3.05, 3.63) is 73.0 Å². The molecule has 0 aliphatic carbocycles. The topological polar surface area (TPSA) is 34.1 Å². The van der Waals surface area contributed by atoms with Crippen molar-refractivity contribution < 1.29 is 4.74 Å². The first-order chi connectivity index (χ1) is 16.5. The molecule has 0 aliphatic rings. The summed E-state index contributed by atoms with van der Waals surface area (Å²) in [7, 11) is 0. The Morgan fingerprint density at radius 2 is 1.53 bits per heavy atom. The van der Waals surface area contributed by atoms with Gasteiger partial charge in [-0.05, 0) is 71.1 Å². The zero-order valence-electron chi connectivity index (χ0n) is 24.1. The quantitative estimate of drug-likeness (QED) is 0.242. The summed E-state index contributed by atoms with van der Waals surface area (Å²) in [4.78, 5) is 4.28. The van der Waals surface area contributed by atoms with Gasteiger partial charge in [-0.1, -0.05) is 90.7 Å². The van der Waals surface area contributed by atoms with Gasteiger partial charge in [0.1, 0.15) is 0 Å². The minimum atomic E-state index is 0.437. The number of pyridine rings is 1. The van der Waals surface area contributed by atoms with Gasteiger partial charge in [-0.15, -0.1) is 0 Å². The lowest BCUT2D eigenvalue weighted by molar-refractivity contribution is 0.399. The van der Waals surface area contributed by atoms with Gasteiger partial charge in [-0.3, -0.25) is 4.98 Å². The zero-order valence-corrected chi connectivity index (χ0v) is 24.1. The second kappa shape index (κ2) is 30.7. The third-order valence-corrected chi connectivity index (χ3v) is 4.67. The van der Waals surface area contributed by atoms with Crippen LogP contribution in [0.2, 0.25) is 0 Å². The lowest BCUT2D eigenvalue weighted by Crippen LogP contribution is -2.12. The van der Waals surface area contributed by atoms with Gasteiger partial charge >= 0.3 is 0 Å². The summed E-state index contributed by atoms with van der Waals surface area (Å²) in [6, 6.07) is 4.07. The third-order valence-electron chi connectivity index (χ3n) is 4.67. The average Bonchev–Trinajstić information content (AvgIpc) is 2.85. The molecule has 1 N–H and O–H groups in total. The maximum Gasteiger partial charge on any atom is 0.0861 e. The lowest BCUT2D eigenvalue weighted by Gasteiger charge is -2.12. The number of hydrogen-bond acceptors (Lipinski definition) is 3.